The number of amides is 1. The summed E-state index contributed by atoms with van der Waals surface area (Å²) in [5, 5.41) is 2.88. The molecular formula is C27H34F3N3O4. The van der Waals surface area contributed by atoms with E-state index in [-0.39, 0.29) is 17.6 Å². The summed E-state index contributed by atoms with van der Waals surface area (Å²) in [5.74, 6) is -0.0699. The van der Waals surface area contributed by atoms with Crippen molar-refractivity contribution in [2.24, 2.45) is 0 Å². The summed E-state index contributed by atoms with van der Waals surface area (Å²) in [6.07, 6.45) is 3.60. The third-order valence-corrected chi connectivity index (χ3v) is 6.10. The third-order valence-electron chi connectivity index (χ3n) is 6.10. The van der Waals surface area contributed by atoms with Crippen molar-refractivity contribution < 1.29 is 32.2 Å². The number of carbonyl (C=O) groups excluding carboxylic acids is 1. The Kier molecular flexibility index (Phi) is 9.66. The lowest BCUT2D eigenvalue weighted by molar-refractivity contribution is -0.274. The van der Waals surface area contributed by atoms with Gasteiger partial charge >= 0.3 is 12.5 Å². The average molecular weight is 522 g/mol. The maximum atomic E-state index is 12.4. The lowest BCUT2D eigenvalue weighted by Crippen LogP contribution is -2.33. The molecule has 37 heavy (non-hydrogen) atoms. The Labute approximate surface area is 214 Å². The molecule has 4 rings (SSSR count). The van der Waals surface area contributed by atoms with Crippen molar-refractivity contribution in [3.05, 3.63) is 41.6 Å². The van der Waals surface area contributed by atoms with Gasteiger partial charge in [0.05, 0.1) is 30.4 Å². The average Bonchev–Trinajstić information content (AvgIpc) is 3.48. The maximum absolute atomic E-state index is 12.4. The molecule has 0 spiro atoms. The summed E-state index contributed by atoms with van der Waals surface area (Å²) in [5.41, 5.74) is 4.85. The number of benzene rings is 1. The van der Waals surface area contributed by atoms with Crippen LogP contribution in [-0.4, -0.2) is 42.2 Å². The van der Waals surface area contributed by atoms with Gasteiger partial charge in [0.1, 0.15) is 11.5 Å². The molecule has 1 aliphatic carbocycles. The highest BCUT2D eigenvalue weighted by molar-refractivity contribution is 5.84. The van der Waals surface area contributed by atoms with Gasteiger partial charge in [-0.05, 0) is 62.4 Å². The van der Waals surface area contributed by atoms with Gasteiger partial charge in [0.25, 0.3) is 0 Å². The van der Waals surface area contributed by atoms with Crippen LogP contribution in [0, 0.1) is 13.8 Å². The predicted molar refractivity (Wildman–Crippen MR) is 136 cm³/mol. The van der Waals surface area contributed by atoms with E-state index in [1.807, 2.05) is 26.1 Å². The molecule has 1 aromatic carbocycles. The van der Waals surface area contributed by atoms with Crippen molar-refractivity contribution >= 4 is 17.1 Å². The number of H-pyrrole nitrogens is 1. The normalized spacial score (nSPS) is 13.7. The molecule has 1 aliphatic rings. The number of alkyl carbamates (subject to hydrolysis) is 1. The molecule has 3 aromatic rings. The minimum atomic E-state index is -4.75. The Balaban J connectivity index is 0.000000248. The monoisotopic (exact) mass is 521 g/mol. The number of halogens is 3. The number of hydrogen-bond acceptors (Lipinski definition) is 5. The van der Waals surface area contributed by atoms with E-state index in [9.17, 15) is 18.0 Å². The molecule has 7 nitrogen and oxygen atoms in total. The molecule has 1 saturated carbocycles. The van der Waals surface area contributed by atoms with Crippen molar-refractivity contribution in [3.63, 3.8) is 0 Å². The first-order valence-electron chi connectivity index (χ1n) is 12.4. The second kappa shape index (κ2) is 12.7. The van der Waals surface area contributed by atoms with Gasteiger partial charge in [-0.1, -0.05) is 26.2 Å². The Bertz CT molecular complexity index is 1190. The number of fused-ring (bicyclic) bond motifs is 1. The van der Waals surface area contributed by atoms with Gasteiger partial charge in [-0.15, -0.1) is 13.2 Å². The number of nitrogens with one attached hydrogen (secondary N) is 2. The van der Waals surface area contributed by atoms with Crippen LogP contribution in [0.1, 0.15) is 56.6 Å². The number of pyridine rings is 1. The first kappa shape index (κ1) is 28.1. The quantitative estimate of drug-likeness (QED) is 0.321. The lowest BCUT2D eigenvalue weighted by Gasteiger charge is -2.14. The van der Waals surface area contributed by atoms with Gasteiger partial charge in [-0.3, -0.25) is 0 Å². The number of rotatable bonds is 7. The molecule has 0 aliphatic heterocycles. The number of nitrogens with zero attached hydrogens (tertiary/aromatic N) is 1. The van der Waals surface area contributed by atoms with E-state index in [0.29, 0.717) is 23.9 Å². The molecular weight excluding hydrogens is 487 g/mol. The number of ether oxygens (including phenoxy) is 3. The van der Waals surface area contributed by atoms with E-state index in [1.165, 1.54) is 38.2 Å². The summed E-state index contributed by atoms with van der Waals surface area (Å²) in [6, 6.07) is 6.29. The third kappa shape index (κ3) is 8.03. The number of aryl methyl sites for hydroxylation is 2. The van der Waals surface area contributed by atoms with Crippen molar-refractivity contribution in [1.82, 2.24) is 15.3 Å². The molecule has 1 amide bonds. The number of hydrogen-bond donors (Lipinski definition) is 2. The van der Waals surface area contributed by atoms with Crippen molar-refractivity contribution in [2.75, 3.05) is 13.7 Å². The van der Waals surface area contributed by atoms with E-state index in [1.54, 1.807) is 0 Å². The highest BCUT2D eigenvalue weighted by atomic mass is 19.4. The highest BCUT2D eigenvalue weighted by Crippen LogP contribution is 2.36. The summed E-state index contributed by atoms with van der Waals surface area (Å²) in [7, 11) is 1.39. The Morgan fingerprint density at radius 1 is 1.16 bits per heavy atom. The first-order chi connectivity index (χ1) is 17.6. The molecule has 2 heterocycles. The van der Waals surface area contributed by atoms with Gasteiger partial charge in [0.15, 0.2) is 0 Å². The summed E-state index contributed by atoms with van der Waals surface area (Å²) < 4.78 is 51.3. The lowest BCUT2D eigenvalue weighted by atomic mass is 10.0. The molecule has 10 heteroatoms. The zero-order valence-corrected chi connectivity index (χ0v) is 21.6. The molecule has 2 aromatic heterocycles. The fraction of sp³-hybridized carbons (Fsp3) is 0.481. The fourth-order valence-electron chi connectivity index (χ4n) is 4.20. The number of alkyl halides is 3. The molecule has 0 unspecified atom stereocenters. The number of unbranched alkanes of at least 4 members (excludes halogenated alkanes) is 1. The van der Waals surface area contributed by atoms with Crippen molar-refractivity contribution in [2.45, 2.75) is 71.7 Å². The second-order valence-electron chi connectivity index (χ2n) is 9.05. The van der Waals surface area contributed by atoms with Crippen LogP contribution in [0.5, 0.6) is 11.5 Å². The van der Waals surface area contributed by atoms with Gasteiger partial charge in [0.2, 0.25) is 0 Å². The molecule has 0 saturated heterocycles. The van der Waals surface area contributed by atoms with Gasteiger partial charge in [0, 0.05) is 23.9 Å². The summed E-state index contributed by atoms with van der Waals surface area (Å²) in [6.45, 7) is 6.45. The van der Waals surface area contributed by atoms with E-state index < -0.39 is 6.36 Å². The van der Waals surface area contributed by atoms with Crippen LogP contribution in [0.25, 0.3) is 22.3 Å². The van der Waals surface area contributed by atoms with E-state index in [2.05, 4.69) is 26.9 Å². The summed E-state index contributed by atoms with van der Waals surface area (Å²) in [4.78, 5) is 18.9. The molecule has 0 radical (unpaired) electrons. The largest absolute Gasteiger partial charge is 0.573 e. The van der Waals surface area contributed by atoms with Crippen molar-refractivity contribution in [1.29, 1.82) is 0 Å². The maximum Gasteiger partial charge on any atom is 0.573 e. The number of methoxy groups -OCH3 is 1. The van der Waals surface area contributed by atoms with Crippen molar-refractivity contribution in [3.8, 4) is 22.8 Å². The van der Waals surface area contributed by atoms with Crippen LogP contribution in [0.15, 0.2) is 30.5 Å². The Morgan fingerprint density at radius 2 is 1.89 bits per heavy atom. The van der Waals surface area contributed by atoms with E-state index in [0.717, 1.165) is 47.8 Å². The minimum absolute atomic E-state index is 0.236. The van der Waals surface area contributed by atoms with Crippen LogP contribution in [0.2, 0.25) is 0 Å². The topological polar surface area (TPSA) is 85.5 Å². The zero-order valence-electron chi connectivity index (χ0n) is 21.6. The van der Waals surface area contributed by atoms with Crippen LogP contribution in [-0.2, 0) is 4.74 Å². The smallest absolute Gasteiger partial charge is 0.496 e. The van der Waals surface area contributed by atoms with E-state index >= 15 is 0 Å². The predicted octanol–water partition coefficient (Wildman–Crippen LogP) is 7.21. The molecule has 0 atom stereocenters. The Hall–Kier alpha value is -3.43. The van der Waals surface area contributed by atoms with Crippen LogP contribution in [0.4, 0.5) is 18.0 Å². The second-order valence-corrected chi connectivity index (χ2v) is 9.05. The molecule has 2 N–H and O–H groups in total. The highest BCUT2D eigenvalue weighted by Gasteiger charge is 2.31. The van der Waals surface area contributed by atoms with Crippen LogP contribution in [0.3, 0.4) is 0 Å². The summed E-state index contributed by atoms with van der Waals surface area (Å²) >= 11 is 0. The number of aromatic nitrogens is 2. The first-order valence-corrected chi connectivity index (χ1v) is 12.4. The SMILES string of the molecule is CCCCOC(=O)NC1CCCC1.COc1cc(OC(F)(F)F)ccc1-c1nc2c(C)c[nH]c2cc1C. The van der Waals surface area contributed by atoms with E-state index in [4.69, 9.17) is 9.47 Å². The molecule has 0 bridgehead atoms. The van der Waals surface area contributed by atoms with Gasteiger partial charge < -0.3 is 24.5 Å². The fourth-order valence-corrected chi connectivity index (χ4v) is 4.20. The van der Waals surface area contributed by atoms with Gasteiger partial charge in [-0.25, -0.2) is 9.78 Å². The standard InChI is InChI=1S/C17H15F3N2O2.C10H19NO2/c1-9-6-13-16(10(2)8-21-13)22-15(9)12-5-4-11(7-14(12)23-3)24-17(18,19)20;1-2-3-8-13-10(12)11-9-6-4-5-7-9/h4-8,21H,1-3H3;9H,2-8H2,1H3,(H,11,12). The van der Waals surface area contributed by atoms with Gasteiger partial charge in [-0.2, -0.15) is 0 Å². The van der Waals surface area contributed by atoms with Crippen LogP contribution >= 0.6 is 0 Å². The van der Waals surface area contributed by atoms with Crippen LogP contribution < -0.4 is 14.8 Å². The number of aromatic amines is 1. The molecule has 1 fully saturated rings. The molecule has 202 valence electrons. The number of carbonyl (C=O) groups is 1. The Morgan fingerprint density at radius 3 is 2.54 bits per heavy atom. The minimum Gasteiger partial charge on any atom is -0.496 e. The zero-order chi connectivity index (χ0) is 27.0.